The topological polar surface area (TPSA) is 24.9 Å². The van der Waals surface area contributed by atoms with Crippen molar-refractivity contribution in [1.29, 1.82) is 0 Å². The highest BCUT2D eigenvalue weighted by Gasteiger charge is 2.53. The molecular weight excluding hydrogens is 1440 g/mol. The number of benzene rings is 17. The highest BCUT2D eigenvalue weighted by molar-refractivity contribution is 7.03. The Balaban J connectivity index is 0.941. The predicted molar refractivity (Wildman–Crippen MR) is 505 cm³/mol. The first kappa shape index (κ1) is 72.1. The Hall–Kier alpha value is -13.4. The molecule has 0 N–H and O–H groups in total. The van der Waals surface area contributed by atoms with E-state index >= 15 is 0 Å². The minimum Gasteiger partial charge on any atom is -0.459 e. The summed E-state index contributed by atoms with van der Waals surface area (Å²) >= 11 is 0. The number of hydrogen-bond donors (Lipinski definition) is 0. The van der Waals surface area contributed by atoms with E-state index in [9.17, 15) is 0 Å². The standard InChI is InChI=1S/C113H90B2N2O2/c1-110(2,3)78-60-85(71-40-22-14-23-41-71)106(86(61-78)72-42-24-15-25-43-72)116-97-59-75(69-36-18-12-19-37-69)54-55-94(97)115-103-98(116)64-80(112(7,8)9)65-99(103)117(107-87(73-44-26-16-27-45-73)62-79(111(4,5)6)63-88(107)74-46-28-17-29-47-74)100-68-102-105-109(104(100)115)118-101-67-93-90(84-52-34-35-53-92(84)113(93,10)11)66-95(101)114(105)96-58-77(70-38-20-13-21-39-70)57-91(108(96)119-102)89-56-76-48-30-31-49-81(76)82-50-32-33-51-83(82)89/h12-68H,1-11H3. The SMILES string of the molecule is CC(C)(C)c1cc(-c2ccccc2)c(N2c3cc(-c4ccccc4)ccc3B3c4c2cc(C(C)(C)C)cc4N(c2c(-c4ccccc4)cc(C(C)(C)C)cc2-c2ccccc2)c2cc4c5c(c23)Oc2cc3c(cc2B5c2cc(-c5ccccc5)cc(-c5cc6ccccc6c6ccccc56)c2O4)-c2ccccc2C3(C)C)c(-c2ccccc2)c1. The molecule has 0 saturated carbocycles. The second-order valence-electron chi connectivity index (χ2n) is 37.0. The molecule has 6 heteroatoms. The van der Waals surface area contributed by atoms with Crippen LogP contribution >= 0.6 is 0 Å². The zero-order valence-electron chi connectivity index (χ0n) is 69.3. The van der Waals surface area contributed by atoms with Crippen LogP contribution in [0.25, 0.3) is 111 Å². The van der Waals surface area contributed by atoms with Crippen molar-refractivity contribution < 1.29 is 9.47 Å². The van der Waals surface area contributed by atoms with Gasteiger partial charge >= 0.3 is 0 Å². The van der Waals surface area contributed by atoms with Gasteiger partial charge in [0.1, 0.15) is 23.0 Å². The first-order valence-electron chi connectivity index (χ1n) is 42.3. The summed E-state index contributed by atoms with van der Waals surface area (Å²) in [6.07, 6.45) is 0. The third-order valence-corrected chi connectivity index (χ3v) is 26.4. The number of ether oxygens (including phenoxy) is 2. The number of nitrogens with zero attached hydrogens (tertiary/aromatic N) is 2. The first-order chi connectivity index (χ1) is 57.7. The molecule has 0 atom stereocenters. The predicted octanol–water partition coefficient (Wildman–Crippen LogP) is 26.7. The second-order valence-corrected chi connectivity index (χ2v) is 37.0. The van der Waals surface area contributed by atoms with Crippen LogP contribution in [0.5, 0.6) is 23.0 Å². The number of hydrogen-bond acceptors (Lipinski definition) is 4. The van der Waals surface area contributed by atoms with E-state index in [1.807, 2.05) is 0 Å². The zero-order valence-corrected chi connectivity index (χ0v) is 69.3. The lowest BCUT2D eigenvalue weighted by Gasteiger charge is -2.48. The van der Waals surface area contributed by atoms with Gasteiger partial charge in [0, 0.05) is 67.5 Å². The van der Waals surface area contributed by atoms with Crippen LogP contribution in [-0.2, 0) is 21.7 Å². The smallest absolute Gasteiger partial charge is 0.260 e. The molecule has 5 aliphatic rings. The Bertz CT molecular complexity index is 6940. The van der Waals surface area contributed by atoms with Crippen LogP contribution in [0.3, 0.4) is 0 Å². The van der Waals surface area contributed by atoms with Crippen LogP contribution in [0.4, 0.5) is 34.1 Å². The normalized spacial score (nSPS) is 13.8. The molecule has 22 rings (SSSR count). The largest absolute Gasteiger partial charge is 0.459 e. The van der Waals surface area contributed by atoms with E-state index in [1.54, 1.807) is 0 Å². The molecule has 4 heterocycles. The molecule has 0 amide bonds. The second kappa shape index (κ2) is 26.8. The molecule has 17 aromatic rings. The van der Waals surface area contributed by atoms with Gasteiger partial charge in [-0.2, -0.15) is 0 Å². The van der Waals surface area contributed by atoms with Gasteiger partial charge in [-0.15, -0.1) is 0 Å². The van der Waals surface area contributed by atoms with E-state index in [0.717, 1.165) is 168 Å². The van der Waals surface area contributed by atoms with Crippen LogP contribution in [0.1, 0.15) is 104 Å². The maximum absolute atomic E-state index is 8.56. The minimum absolute atomic E-state index is 0.224. The van der Waals surface area contributed by atoms with E-state index < -0.39 is 18.8 Å². The van der Waals surface area contributed by atoms with Gasteiger partial charge in [0.15, 0.2) is 0 Å². The molecule has 0 unspecified atom stereocenters. The van der Waals surface area contributed by atoms with Crippen LogP contribution in [0, 0.1) is 0 Å². The molecule has 1 aliphatic carbocycles. The van der Waals surface area contributed by atoms with Crippen molar-refractivity contribution in [2.24, 2.45) is 0 Å². The molecular formula is C113H90B2N2O2. The summed E-state index contributed by atoms with van der Waals surface area (Å²) in [5.74, 6) is 3.25. The van der Waals surface area contributed by atoms with E-state index in [-0.39, 0.29) is 16.2 Å². The fourth-order valence-electron chi connectivity index (χ4n) is 20.3. The average molecular weight is 1530 g/mol. The van der Waals surface area contributed by atoms with Gasteiger partial charge in [0.05, 0.1) is 11.4 Å². The van der Waals surface area contributed by atoms with Crippen LogP contribution < -0.4 is 52.1 Å². The monoisotopic (exact) mass is 1530 g/mol. The molecule has 0 radical (unpaired) electrons. The Morgan fingerprint density at radius 2 is 0.697 bits per heavy atom. The fraction of sp³-hybridized carbons (Fsp3) is 0.133. The lowest BCUT2D eigenvalue weighted by Crippen LogP contribution is -2.65. The van der Waals surface area contributed by atoms with E-state index in [4.69, 9.17) is 9.47 Å². The molecule has 0 bridgehead atoms. The van der Waals surface area contributed by atoms with Gasteiger partial charge in [-0.05, 0) is 215 Å². The Kier molecular flexibility index (Phi) is 16.2. The zero-order chi connectivity index (χ0) is 80.7. The van der Waals surface area contributed by atoms with Crippen LogP contribution in [0.2, 0.25) is 0 Å². The average Bonchev–Trinajstić information content (AvgIpc) is 1.62. The van der Waals surface area contributed by atoms with E-state index in [0.29, 0.717) is 0 Å². The third kappa shape index (κ3) is 11.4. The quantitative estimate of drug-likeness (QED) is 0.106. The maximum atomic E-state index is 8.56. The Labute approximate surface area is 699 Å². The minimum atomic E-state index is -0.450. The number of anilines is 6. The van der Waals surface area contributed by atoms with Gasteiger partial charge in [0.25, 0.3) is 13.4 Å². The molecule has 17 aromatic carbocycles. The van der Waals surface area contributed by atoms with Crippen molar-refractivity contribution in [1.82, 2.24) is 0 Å². The van der Waals surface area contributed by atoms with Gasteiger partial charge in [0.2, 0.25) is 0 Å². The van der Waals surface area contributed by atoms with Crippen molar-refractivity contribution in [2.45, 2.75) is 97.8 Å². The molecule has 0 saturated heterocycles. The van der Waals surface area contributed by atoms with E-state index in [1.165, 1.54) is 60.6 Å². The molecule has 570 valence electrons. The first-order valence-corrected chi connectivity index (χ1v) is 42.3. The van der Waals surface area contributed by atoms with Crippen molar-refractivity contribution >= 4 is 102 Å². The van der Waals surface area contributed by atoms with Crippen molar-refractivity contribution in [3.05, 3.63) is 374 Å². The molecule has 4 aliphatic heterocycles. The summed E-state index contributed by atoms with van der Waals surface area (Å²) in [7, 11) is 0. The highest BCUT2D eigenvalue weighted by atomic mass is 16.5. The lowest BCUT2D eigenvalue weighted by molar-refractivity contribution is 0.467. The van der Waals surface area contributed by atoms with Gasteiger partial charge in [-0.1, -0.05) is 355 Å². The number of rotatable bonds is 9. The van der Waals surface area contributed by atoms with Gasteiger partial charge in [-0.25, -0.2) is 0 Å². The van der Waals surface area contributed by atoms with Gasteiger partial charge in [-0.3, -0.25) is 0 Å². The summed E-state index contributed by atoms with van der Waals surface area (Å²) in [6.45, 7) is 25.3. The summed E-state index contributed by atoms with van der Waals surface area (Å²) in [5.41, 5.74) is 36.3. The Morgan fingerprint density at radius 1 is 0.252 bits per heavy atom. The van der Waals surface area contributed by atoms with Crippen molar-refractivity contribution in [2.75, 3.05) is 9.80 Å². The summed E-state index contributed by atoms with van der Waals surface area (Å²) in [6, 6.07) is 131. The molecule has 4 nitrogen and oxygen atoms in total. The molecule has 0 aromatic heterocycles. The Morgan fingerprint density at radius 3 is 1.24 bits per heavy atom. The fourth-order valence-corrected chi connectivity index (χ4v) is 20.3. The van der Waals surface area contributed by atoms with Crippen molar-refractivity contribution in [3.63, 3.8) is 0 Å². The summed E-state index contributed by atoms with van der Waals surface area (Å²) in [4.78, 5) is 5.43. The molecule has 0 spiro atoms. The van der Waals surface area contributed by atoms with Crippen LogP contribution in [0.15, 0.2) is 346 Å². The summed E-state index contributed by atoms with van der Waals surface area (Å²) in [5, 5.41) is 4.74. The highest BCUT2D eigenvalue weighted by Crippen LogP contribution is 2.59. The van der Waals surface area contributed by atoms with Gasteiger partial charge < -0.3 is 19.3 Å². The third-order valence-electron chi connectivity index (χ3n) is 26.4. The van der Waals surface area contributed by atoms with Crippen LogP contribution in [-0.4, -0.2) is 13.4 Å². The lowest BCUT2D eigenvalue weighted by atomic mass is 9.30. The van der Waals surface area contributed by atoms with Crippen molar-refractivity contribution in [3.8, 4) is 112 Å². The summed E-state index contributed by atoms with van der Waals surface area (Å²) < 4.78 is 17.0. The number of fused-ring (bicyclic) bond motifs is 15. The molecule has 119 heavy (non-hydrogen) atoms. The molecule has 0 fully saturated rings. The van der Waals surface area contributed by atoms with E-state index in [2.05, 4.69) is 432 Å². The maximum Gasteiger partial charge on any atom is 0.260 e.